The van der Waals surface area contributed by atoms with E-state index in [0.29, 0.717) is 19.5 Å². The highest BCUT2D eigenvalue weighted by molar-refractivity contribution is 5.59. The van der Waals surface area contributed by atoms with E-state index in [1.807, 2.05) is 0 Å². The lowest BCUT2D eigenvalue weighted by atomic mass is 10.1. The van der Waals surface area contributed by atoms with Gasteiger partial charge in [0.25, 0.3) is 5.69 Å². The number of anilines is 1. The van der Waals surface area contributed by atoms with Crippen molar-refractivity contribution in [2.24, 2.45) is 0 Å². The number of hydrogen-bond donors (Lipinski definition) is 2. The molecule has 16 heavy (non-hydrogen) atoms. The zero-order chi connectivity index (χ0) is 12.0. The molecule has 0 atom stereocenters. The van der Waals surface area contributed by atoms with Crippen molar-refractivity contribution < 1.29 is 9.31 Å². The van der Waals surface area contributed by atoms with Crippen molar-refractivity contribution in [1.82, 2.24) is 5.32 Å². The topological polar surface area (TPSA) is 81.2 Å². The lowest BCUT2D eigenvalue weighted by Crippen LogP contribution is -2.15. The van der Waals surface area contributed by atoms with Crippen LogP contribution in [-0.4, -0.2) is 18.1 Å². The molecule has 3 N–H and O–H groups in total. The first-order valence-corrected chi connectivity index (χ1v) is 4.94. The second-order valence-electron chi connectivity index (χ2n) is 3.37. The summed E-state index contributed by atoms with van der Waals surface area (Å²) in [4.78, 5) is 10.1. The molecule has 0 fully saturated rings. The molecule has 0 radical (unpaired) electrons. The largest absolute Gasteiger partial charge is 0.393 e. The number of benzene rings is 1. The van der Waals surface area contributed by atoms with Gasteiger partial charge in [-0.2, -0.15) is 0 Å². The lowest BCUT2D eigenvalue weighted by Gasteiger charge is -2.04. The van der Waals surface area contributed by atoms with E-state index >= 15 is 0 Å². The summed E-state index contributed by atoms with van der Waals surface area (Å²) >= 11 is 0. The predicted octanol–water partition coefficient (Wildman–Crippen LogP) is 1.63. The summed E-state index contributed by atoms with van der Waals surface area (Å²) in [6.07, 6.45) is 0.442. The van der Waals surface area contributed by atoms with Crippen LogP contribution < -0.4 is 11.1 Å². The van der Waals surface area contributed by atoms with Gasteiger partial charge in [-0.25, -0.2) is 0 Å². The summed E-state index contributed by atoms with van der Waals surface area (Å²) < 4.78 is 11.8. The van der Waals surface area contributed by atoms with Gasteiger partial charge in [0, 0.05) is 12.6 Å². The van der Waals surface area contributed by atoms with Crippen LogP contribution in [0.15, 0.2) is 18.2 Å². The Morgan fingerprint density at radius 3 is 2.88 bits per heavy atom. The van der Waals surface area contributed by atoms with Gasteiger partial charge in [-0.15, -0.1) is 0 Å². The van der Waals surface area contributed by atoms with Crippen molar-refractivity contribution in [3.05, 3.63) is 33.9 Å². The number of nitro groups is 1. The summed E-state index contributed by atoms with van der Waals surface area (Å²) in [5.41, 5.74) is 6.28. The molecule has 1 aromatic rings. The third-order valence-corrected chi connectivity index (χ3v) is 2.11. The molecule has 0 aromatic heterocycles. The summed E-state index contributed by atoms with van der Waals surface area (Å²) in [6, 6.07) is 4.65. The van der Waals surface area contributed by atoms with Crippen LogP contribution in [-0.2, 0) is 6.54 Å². The first-order chi connectivity index (χ1) is 7.65. The maximum Gasteiger partial charge on any atom is 0.292 e. The van der Waals surface area contributed by atoms with E-state index in [-0.39, 0.29) is 18.0 Å². The van der Waals surface area contributed by atoms with Gasteiger partial charge in [-0.1, -0.05) is 6.07 Å². The van der Waals surface area contributed by atoms with Crippen molar-refractivity contribution in [3.63, 3.8) is 0 Å². The molecule has 5 nitrogen and oxygen atoms in total. The summed E-state index contributed by atoms with van der Waals surface area (Å²) in [6.45, 7) is 0.657. The van der Waals surface area contributed by atoms with Crippen LogP contribution in [0.2, 0.25) is 0 Å². The number of halogens is 1. The minimum absolute atomic E-state index is 0.0928. The summed E-state index contributed by atoms with van der Waals surface area (Å²) in [5.74, 6) is 0. The zero-order valence-electron chi connectivity index (χ0n) is 8.78. The number of nitrogens with one attached hydrogen (secondary N) is 1. The quantitative estimate of drug-likeness (QED) is 0.335. The summed E-state index contributed by atoms with van der Waals surface area (Å²) in [7, 11) is 0. The molecule has 0 spiro atoms. The first kappa shape index (κ1) is 12.4. The van der Waals surface area contributed by atoms with Crippen molar-refractivity contribution in [2.75, 3.05) is 19.0 Å². The van der Waals surface area contributed by atoms with E-state index in [1.165, 1.54) is 12.1 Å². The zero-order valence-corrected chi connectivity index (χ0v) is 8.78. The van der Waals surface area contributed by atoms with Gasteiger partial charge in [0.1, 0.15) is 5.69 Å². The molecule has 0 saturated carbocycles. The Labute approximate surface area is 92.6 Å². The van der Waals surface area contributed by atoms with Crippen LogP contribution >= 0.6 is 0 Å². The highest BCUT2D eigenvalue weighted by atomic mass is 19.1. The highest BCUT2D eigenvalue weighted by Gasteiger charge is 2.11. The number of alkyl halides is 1. The van der Waals surface area contributed by atoms with Crippen molar-refractivity contribution >= 4 is 11.4 Å². The van der Waals surface area contributed by atoms with E-state index < -0.39 is 4.92 Å². The maximum absolute atomic E-state index is 11.8. The fraction of sp³-hybridized carbons (Fsp3) is 0.400. The van der Waals surface area contributed by atoms with E-state index in [2.05, 4.69) is 5.32 Å². The Morgan fingerprint density at radius 2 is 2.25 bits per heavy atom. The monoisotopic (exact) mass is 227 g/mol. The van der Waals surface area contributed by atoms with Crippen LogP contribution in [0.1, 0.15) is 12.0 Å². The van der Waals surface area contributed by atoms with Gasteiger partial charge in [0.05, 0.1) is 11.6 Å². The Balaban J connectivity index is 2.61. The third-order valence-electron chi connectivity index (χ3n) is 2.11. The molecule has 0 aliphatic rings. The van der Waals surface area contributed by atoms with Crippen LogP contribution in [0.4, 0.5) is 15.8 Å². The fourth-order valence-electron chi connectivity index (χ4n) is 1.28. The molecule has 0 aliphatic carbocycles. The molecule has 0 saturated heterocycles. The second-order valence-corrected chi connectivity index (χ2v) is 3.37. The van der Waals surface area contributed by atoms with E-state index in [9.17, 15) is 14.5 Å². The minimum Gasteiger partial charge on any atom is -0.393 e. The van der Waals surface area contributed by atoms with Crippen LogP contribution in [0.5, 0.6) is 0 Å². The molecule has 6 heteroatoms. The highest BCUT2D eigenvalue weighted by Crippen LogP contribution is 2.22. The molecule has 0 bridgehead atoms. The van der Waals surface area contributed by atoms with Gasteiger partial charge < -0.3 is 11.1 Å². The molecule has 0 heterocycles. The van der Waals surface area contributed by atoms with E-state index in [1.54, 1.807) is 6.07 Å². The van der Waals surface area contributed by atoms with Crippen LogP contribution in [0.25, 0.3) is 0 Å². The Hall–Kier alpha value is -1.69. The number of nitrogen functional groups attached to an aromatic ring is 1. The van der Waals surface area contributed by atoms with Gasteiger partial charge in [-0.3, -0.25) is 14.5 Å². The molecular formula is C10H14FN3O2. The number of nitro benzene ring substituents is 1. The van der Waals surface area contributed by atoms with Gasteiger partial charge in [0.2, 0.25) is 0 Å². The molecule has 0 aliphatic heterocycles. The average Bonchev–Trinajstić information content (AvgIpc) is 2.26. The molecule has 0 unspecified atom stereocenters. The Kier molecular flexibility index (Phi) is 4.65. The summed E-state index contributed by atoms with van der Waals surface area (Å²) in [5, 5.41) is 13.6. The van der Waals surface area contributed by atoms with Crippen molar-refractivity contribution in [2.45, 2.75) is 13.0 Å². The average molecular weight is 227 g/mol. The third kappa shape index (κ3) is 3.47. The van der Waals surface area contributed by atoms with Gasteiger partial charge in [-0.05, 0) is 24.6 Å². The fourth-order valence-corrected chi connectivity index (χ4v) is 1.28. The normalized spacial score (nSPS) is 10.3. The minimum atomic E-state index is -0.513. The van der Waals surface area contributed by atoms with Crippen LogP contribution in [0, 0.1) is 10.1 Å². The molecular weight excluding hydrogens is 213 g/mol. The van der Waals surface area contributed by atoms with Gasteiger partial charge >= 0.3 is 0 Å². The molecule has 1 aromatic carbocycles. The Morgan fingerprint density at radius 1 is 1.50 bits per heavy atom. The van der Waals surface area contributed by atoms with E-state index in [4.69, 9.17) is 5.73 Å². The SMILES string of the molecule is Nc1ccc(CNCCCF)cc1[N+](=O)[O-]. The van der Waals surface area contributed by atoms with Crippen LogP contribution in [0.3, 0.4) is 0 Å². The molecule has 1 rings (SSSR count). The predicted molar refractivity (Wildman–Crippen MR) is 59.8 cm³/mol. The van der Waals surface area contributed by atoms with Crippen molar-refractivity contribution in [1.29, 1.82) is 0 Å². The number of nitrogens with zero attached hydrogens (tertiary/aromatic N) is 1. The van der Waals surface area contributed by atoms with Gasteiger partial charge in [0.15, 0.2) is 0 Å². The number of hydrogen-bond acceptors (Lipinski definition) is 4. The lowest BCUT2D eigenvalue weighted by molar-refractivity contribution is -0.384. The smallest absolute Gasteiger partial charge is 0.292 e. The molecule has 88 valence electrons. The standard InChI is InChI=1S/C10H14FN3O2/c11-4-1-5-13-7-8-2-3-9(12)10(6-8)14(15)16/h2-3,6,13H,1,4-5,7,12H2. The second kappa shape index (κ2) is 6.02. The number of rotatable bonds is 6. The first-order valence-electron chi connectivity index (χ1n) is 4.94. The molecule has 0 amide bonds. The van der Waals surface area contributed by atoms with E-state index in [0.717, 1.165) is 5.56 Å². The number of nitrogens with two attached hydrogens (primary N) is 1. The van der Waals surface area contributed by atoms with Crippen molar-refractivity contribution in [3.8, 4) is 0 Å². The maximum atomic E-state index is 11.8. The Bertz CT molecular complexity index is 371.